The van der Waals surface area contributed by atoms with Gasteiger partial charge in [0.25, 0.3) is 6.64 Å². The lowest BCUT2D eigenvalue weighted by Crippen LogP contribution is -2.40. The summed E-state index contributed by atoms with van der Waals surface area (Å²) in [5, 5.41) is 3.03. The van der Waals surface area contributed by atoms with Crippen molar-refractivity contribution >= 4 is 53.3 Å². The molecule has 2 aromatic rings. The molecule has 16 heteroatoms. The number of hydrogen-bond acceptors (Lipinski definition) is 13. The summed E-state index contributed by atoms with van der Waals surface area (Å²) < 4.78 is 34.8. The molecular weight excluding hydrogens is 517 g/mol. The number of fused-ring (bicyclic) bond motifs is 1. The van der Waals surface area contributed by atoms with E-state index >= 15 is 0 Å². The molecule has 36 heavy (non-hydrogen) atoms. The second-order valence-electron chi connectivity index (χ2n) is 7.51. The number of ether oxygens (including phenoxy) is 4. The molecule has 0 spiro atoms. The second-order valence-corrected chi connectivity index (χ2v) is 10.7. The summed E-state index contributed by atoms with van der Waals surface area (Å²) >= 11 is 5.53. The normalized spacial score (nSPS) is 21.8. The van der Waals surface area contributed by atoms with Gasteiger partial charge in [0.05, 0.1) is 19.5 Å². The highest BCUT2D eigenvalue weighted by atomic mass is 32.5. The first-order chi connectivity index (χ1) is 17.1. The highest BCUT2D eigenvalue weighted by Crippen LogP contribution is 2.48. The third-order valence-electron chi connectivity index (χ3n) is 4.81. The van der Waals surface area contributed by atoms with Crippen LogP contribution in [0.2, 0.25) is 0 Å². The lowest BCUT2D eigenvalue weighted by molar-refractivity contribution is -0.166. The van der Waals surface area contributed by atoms with Gasteiger partial charge >= 0.3 is 17.9 Å². The third kappa shape index (κ3) is 6.53. The third-order valence-corrected chi connectivity index (χ3v) is 7.40. The van der Waals surface area contributed by atoms with Crippen LogP contribution < -0.4 is 5.09 Å². The monoisotopic (exact) mass is 545 g/mol. The first kappa shape index (κ1) is 27.9. The highest BCUT2D eigenvalue weighted by Gasteiger charge is 2.51. The van der Waals surface area contributed by atoms with Crippen LogP contribution in [0.1, 0.15) is 40.8 Å². The maximum Gasteiger partial charge on any atom is 0.303 e. The lowest BCUT2D eigenvalue weighted by atomic mass is 10.1. The molecule has 0 bridgehead atoms. The van der Waals surface area contributed by atoms with Crippen molar-refractivity contribution in [2.24, 2.45) is 0 Å². The van der Waals surface area contributed by atoms with Gasteiger partial charge in [-0.1, -0.05) is 0 Å². The van der Waals surface area contributed by atoms with Crippen molar-refractivity contribution in [3.63, 3.8) is 0 Å². The molecule has 1 fully saturated rings. The molecule has 1 aliphatic rings. The van der Waals surface area contributed by atoms with Crippen LogP contribution in [-0.2, 0) is 54.2 Å². The Kier molecular flexibility index (Phi) is 9.30. The molecule has 2 aromatic heterocycles. The first-order valence-electron chi connectivity index (χ1n) is 11.1. The Balaban J connectivity index is 2.01. The molecule has 0 saturated carbocycles. The van der Waals surface area contributed by atoms with E-state index in [1.165, 1.54) is 38.0 Å². The molecule has 0 aromatic carbocycles. The highest BCUT2D eigenvalue weighted by molar-refractivity contribution is 8.10. The standard InChI is InChI=1S/C20H28N5O9PS/c1-6-30-35(36,31-7-2)24-18-15-19(22-9-21-18)25(10-23-15)20-17(33-13(5)28)16(32-12(4)27)14(34-20)8-29-11(3)26/h9-10,14,16-17,20H,6-8H2,1-5H3,(H,21,22,24,36)/t14-,16-,17-,20-/m1/s1. The molecule has 0 aliphatic carbocycles. The van der Waals surface area contributed by atoms with Crippen LogP contribution in [0, 0.1) is 0 Å². The van der Waals surface area contributed by atoms with E-state index < -0.39 is 49.1 Å². The Bertz CT molecular complexity index is 1150. The van der Waals surface area contributed by atoms with Gasteiger partial charge in [0, 0.05) is 20.8 Å². The van der Waals surface area contributed by atoms with Crippen LogP contribution in [-0.4, -0.2) is 75.6 Å². The summed E-state index contributed by atoms with van der Waals surface area (Å²) in [5.41, 5.74) is 0.627. The molecule has 3 heterocycles. The average Bonchev–Trinajstić information content (AvgIpc) is 3.34. The second kappa shape index (κ2) is 12.0. The number of rotatable bonds is 11. The minimum absolute atomic E-state index is 0.234. The molecule has 1 saturated heterocycles. The topological polar surface area (TPSA) is 162 Å². The summed E-state index contributed by atoms with van der Waals surface area (Å²) in [4.78, 5) is 48.0. The van der Waals surface area contributed by atoms with Gasteiger partial charge in [0.1, 0.15) is 19.0 Å². The maximum absolute atomic E-state index is 11.9. The Morgan fingerprint density at radius 3 is 2.25 bits per heavy atom. The van der Waals surface area contributed by atoms with E-state index in [4.69, 9.17) is 39.8 Å². The molecule has 1 N–H and O–H groups in total. The summed E-state index contributed by atoms with van der Waals surface area (Å²) in [6.45, 7) is 4.76. The number of anilines is 1. The fourth-order valence-corrected chi connectivity index (χ4v) is 5.81. The number of nitrogens with one attached hydrogen (secondary N) is 1. The van der Waals surface area contributed by atoms with Gasteiger partial charge in [-0.3, -0.25) is 24.0 Å². The summed E-state index contributed by atoms with van der Waals surface area (Å²) in [7, 11) is 0. The molecule has 0 unspecified atom stereocenters. The van der Waals surface area contributed by atoms with Gasteiger partial charge in [-0.05, 0) is 25.7 Å². The molecule has 1 aliphatic heterocycles. The lowest BCUT2D eigenvalue weighted by Gasteiger charge is -2.24. The van der Waals surface area contributed by atoms with Gasteiger partial charge in [-0.2, -0.15) is 0 Å². The van der Waals surface area contributed by atoms with Crippen molar-refractivity contribution in [2.45, 2.75) is 59.2 Å². The van der Waals surface area contributed by atoms with E-state index in [0.717, 1.165) is 0 Å². The molecule has 3 rings (SSSR count). The SMILES string of the molecule is CCOP(=S)(Nc1ncnc2c1ncn2[C@@H]1O[C@H](COC(C)=O)[C@@H](OC(C)=O)[C@H]1OC(C)=O)OCC. The van der Waals surface area contributed by atoms with Crippen LogP contribution in [0.25, 0.3) is 11.2 Å². The van der Waals surface area contributed by atoms with Gasteiger partial charge in [0.15, 0.2) is 35.4 Å². The summed E-state index contributed by atoms with van der Waals surface area (Å²) in [6, 6.07) is 0. The van der Waals surface area contributed by atoms with Gasteiger partial charge in [-0.15, -0.1) is 0 Å². The minimum Gasteiger partial charge on any atom is -0.463 e. The largest absolute Gasteiger partial charge is 0.463 e. The zero-order valence-electron chi connectivity index (χ0n) is 20.4. The molecule has 0 amide bonds. The zero-order chi connectivity index (χ0) is 26.5. The van der Waals surface area contributed by atoms with Crippen molar-refractivity contribution in [3.05, 3.63) is 12.7 Å². The number of carbonyl (C=O) groups excluding carboxylic acids is 3. The Morgan fingerprint density at radius 2 is 1.67 bits per heavy atom. The number of nitrogens with zero attached hydrogens (tertiary/aromatic N) is 4. The van der Waals surface area contributed by atoms with E-state index in [2.05, 4.69) is 20.0 Å². The Morgan fingerprint density at radius 1 is 1.03 bits per heavy atom. The van der Waals surface area contributed by atoms with Crippen LogP contribution in [0.5, 0.6) is 0 Å². The quantitative estimate of drug-likeness (QED) is 0.247. The number of imidazole rings is 1. The Labute approximate surface area is 212 Å². The predicted octanol–water partition coefficient (Wildman–Crippen LogP) is 1.86. The van der Waals surface area contributed by atoms with Gasteiger partial charge in [0.2, 0.25) is 0 Å². The average molecular weight is 546 g/mol. The maximum atomic E-state index is 11.9. The fraction of sp³-hybridized carbons (Fsp3) is 0.600. The molecule has 4 atom stereocenters. The number of hydrogen-bond donors (Lipinski definition) is 1. The summed E-state index contributed by atoms with van der Waals surface area (Å²) in [5.74, 6) is -1.53. The van der Waals surface area contributed by atoms with Gasteiger partial charge < -0.3 is 28.0 Å². The predicted molar refractivity (Wildman–Crippen MR) is 128 cm³/mol. The first-order valence-corrected chi connectivity index (χ1v) is 13.7. The molecule has 14 nitrogen and oxygen atoms in total. The van der Waals surface area contributed by atoms with E-state index in [9.17, 15) is 14.4 Å². The molecule has 0 radical (unpaired) electrons. The number of aromatic nitrogens is 4. The van der Waals surface area contributed by atoms with Crippen molar-refractivity contribution in [1.82, 2.24) is 19.5 Å². The molecule has 198 valence electrons. The van der Waals surface area contributed by atoms with Crippen LogP contribution in [0.15, 0.2) is 12.7 Å². The van der Waals surface area contributed by atoms with Crippen molar-refractivity contribution in [3.8, 4) is 0 Å². The van der Waals surface area contributed by atoms with E-state index in [1.807, 2.05) is 0 Å². The smallest absolute Gasteiger partial charge is 0.303 e. The number of carbonyl (C=O) groups is 3. The minimum atomic E-state index is -2.91. The van der Waals surface area contributed by atoms with Crippen LogP contribution >= 0.6 is 6.64 Å². The van der Waals surface area contributed by atoms with Crippen LogP contribution in [0.4, 0.5) is 5.82 Å². The van der Waals surface area contributed by atoms with Gasteiger partial charge in [-0.25, -0.2) is 15.0 Å². The van der Waals surface area contributed by atoms with E-state index in [1.54, 1.807) is 13.8 Å². The number of esters is 3. The zero-order valence-corrected chi connectivity index (χ0v) is 22.1. The molecular formula is C20H28N5O9PS. The van der Waals surface area contributed by atoms with Crippen LogP contribution in [0.3, 0.4) is 0 Å². The van der Waals surface area contributed by atoms with Crippen molar-refractivity contribution in [2.75, 3.05) is 24.9 Å². The van der Waals surface area contributed by atoms with Crippen molar-refractivity contribution in [1.29, 1.82) is 0 Å². The fourth-order valence-electron chi connectivity index (χ4n) is 3.61. The summed E-state index contributed by atoms with van der Waals surface area (Å²) in [6.07, 6.45) is -1.39. The Hall–Kier alpha value is -2.71. The van der Waals surface area contributed by atoms with Crippen molar-refractivity contribution < 1.29 is 42.4 Å². The van der Waals surface area contributed by atoms with E-state index in [-0.39, 0.29) is 12.4 Å². The van der Waals surface area contributed by atoms with E-state index in [0.29, 0.717) is 24.4 Å².